The molecule has 0 aliphatic rings. The number of carboxylic acids is 1. The smallest absolute Gasteiger partial charge is 0.307 e. The van der Waals surface area contributed by atoms with Crippen molar-refractivity contribution in [1.29, 1.82) is 5.26 Å². The van der Waals surface area contributed by atoms with Crippen molar-refractivity contribution in [2.75, 3.05) is 6.54 Å². The minimum Gasteiger partial charge on any atom is -0.481 e. The third kappa shape index (κ3) is 2.95. The third-order valence-corrected chi connectivity index (χ3v) is 2.89. The first kappa shape index (κ1) is 13.6. The van der Waals surface area contributed by atoms with Gasteiger partial charge in [-0.1, -0.05) is 18.2 Å². The van der Waals surface area contributed by atoms with E-state index in [1.165, 1.54) is 0 Å². The number of nitriles is 1. The molecule has 1 aromatic heterocycles. The van der Waals surface area contributed by atoms with Gasteiger partial charge in [-0.05, 0) is 11.6 Å². The van der Waals surface area contributed by atoms with E-state index in [4.69, 9.17) is 10.4 Å². The average molecular weight is 271 g/mol. The van der Waals surface area contributed by atoms with E-state index >= 15 is 0 Å². The Hall–Kier alpha value is -2.81. The Morgan fingerprint density at radius 2 is 2.10 bits per heavy atom. The van der Waals surface area contributed by atoms with E-state index < -0.39 is 5.97 Å². The molecule has 0 bridgehead atoms. The molecule has 0 radical (unpaired) electrons. The normalized spacial score (nSPS) is 10.2. The van der Waals surface area contributed by atoms with Gasteiger partial charge in [-0.15, -0.1) is 0 Å². The van der Waals surface area contributed by atoms with E-state index in [0.717, 1.165) is 10.9 Å². The van der Waals surface area contributed by atoms with Crippen LogP contribution in [-0.4, -0.2) is 28.1 Å². The number of nitrogens with zero attached hydrogens (tertiary/aromatic N) is 2. The number of carbonyl (C=O) groups excluding carboxylic acids is 1. The van der Waals surface area contributed by atoms with Gasteiger partial charge in [0, 0.05) is 17.1 Å². The Balaban J connectivity index is 2.31. The number of hydrogen-bond donors (Lipinski definition) is 2. The summed E-state index contributed by atoms with van der Waals surface area (Å²) in [5, 5.41) is 20.6. The van der Waals surface area contributed by atoms with Crippen molar-refractivity contribution in [3.8, 4) is 6.07 Å². The molecule has 0 fully saturated rings. The Bertz CT molecular complexity index is 697. The van der Waals surface area contributed by atoms with Crippen molar-refractivity contribution in [2.45, 2.75) is 13.0 Å². The van der Waals surface area contributed by atoms with E-state index in [2.05, 4.69) is 5.32 Å². The predicted molar refractivity (Wildman–Crippen MR) is 71.9 cm³/mol. The van der Waals surface area contributed by atoms with Crippen LogP contribution in [0.5, 0.6) is 0 Å². The fraction of sp³-hybridized carbons (Fsp3) is 0.214. The van der Waals surface area contributed by atoms with Crippen LogP contribution >= 0.6 is 0 Å². The number of hydrogen-bond acceptors (Lipinski definition) is 3. The van der Waals surface area contributed by atoms with Crippen LogP contribution in [0.25, 0.3) is 10.9 Å². The van der Waals surface area contributed by atoms with Gasteiger partial charge >= 0.3 is 5.97 Å². The fourth-order valence-electron chi connectivity index (χ4n) is 2.11. The predicted octanol–water partition coefficient (Wildman–Crippen LogP) is 0.908. The molecule has 0 aliphatic heterocycles. The number of amides is 1. The SMILES string of the molecule is N#CCNC(=O)Cn1cc(CC(=O)O)c2ccccc21. The molecule has 0 aliphatic carbocycles. The van der Waals surface area contributed by atoms with Crippen molar-refractivity contribution < 1.29 is 14.7 Å². The van der Waals surface area contributed by atoms with Crippen molar-refractivity contribution in [2.24, 2.45) is 0 Å². The lowest BCUT2D eigenvalue weighted by Gasteiger charge is -2.04. The summed E-state index contributed by atoms with van der Waals surface area (Å²) in [4.78, 5) is 22.5. The van der Waals surface area contributed by atoms with Crippen molar-refractivity contribution in [3.05, 3.63) is 36.0 Å². The van der Waals surface area contributed by atoms with Crippen molar-refractivity contribution in [3.63, 3.8) is 0 Å². The molecule has 0 unspecified atom stereocenters. The second-order valence-electron chi connectivity index (χ2n) is 4.30. The molecule has 1 heterocycles. The Morgan fingerprint density at radius 3 is 2.80 bits per heavy atom. The number of benzene rings is 1. The van der Waals surface area contributed by atoms with Crippen LogP contribution in [0.2, 0.25) is 0 Å². The quantitative estimate of drug-likeness (QED) is 0.790. The minimum atomic E-state index is -0.915. The molecule has 2 rings (SSSR count). The van der Waals surface area contributed by atoms with Gasteiger partial charge < -0.3 is 15.0 Å². The van der Waals surface area contributed by atoms with Gasteiger partial charge in [0.2, 0.25) is 5.91 Å². The minimum absolute atomic E-state index is 0.0416. The van der Waals surface area contributed by atoms with E-state index in [9.17, 15) is 9.59 Å². The molecular weight excluding hydrogens is 258 g/mol. The maximum absolute atomic E-state index is 11.6. The molecule has 6 heteroatoms. The summed E-state index contributed by atoms with van der Waals surface area (Å²) in [6, 6.07) is 9.15. The topological polar surface area (TPSA) is 95.1 Å². The fourth-order valence-corrected chi connectivity index (χ4v) is 2.11. The molecule has 1 aromatic carbocycles. The summed E-state index contributed by atoms with van der Waals surface area (Å²) < 4.78 is 1.69. The monoisotopic (exact) mass is 271 g/mol. The highest BCUT2D eigenvalue weighted by Gasteiger charge is 2.12. The summed E-state index contributed by atoms with van der Waals surface area (Å²) >= 11 is 0. The zero-order valence-corrected chi connectivity index (χ0v) is 10.7. The summed E-state index contributed by atoms with van der Waals surface area (Å²) in [7, 11) is 0. The number of carbonyl (C=O) groups is 2. The van der Waals surface area contributed by atoms with Gasteiger partial charge in [0.1, 0.15) is 13.1 Å². The lowest BCUT2D eigenvalue weighted by Crippen LogP contribution is -2.27. The molecule has 0 spiro atoms. The summed E-state index contributed by atoms with van der Waals surface area (Å²) in [5.41, 5.74) is 1.47. The molecule has 102 valence electrons. The highest BCUT2D eigenvalue weighted by Crippen LogP contribution is 2.21. The second kappa shape index (κ2) is 5.89. The van der Waals surface area contributed by atoms with E-state index in [0.29, 0.717) is 5.56 Å². The third-order valence-electron chi connectivity index (χ3n) is 2.89. The lowest BCUT2D eigenvalue weighted by molar-refractivity contribution is -0.136. The Kier molecular flexibility index (Phi) is 4.01. The van der Waals surface area contributed by atoms with Crippen LogP contribution in [0.3, 0.4) is 0 Å². The van der Waals surface area contributed by atoms with Gasteiger partial charge in [-0.25, -0.2) is 0 Å². The first-order valence-corrected chi connectivity index (χ1v) is 6.04. The summed E-state index contributed by atoms with van der Waals surface area (Å²) in [6.07, 6.45) is 1.58. The van der Waals surface area contributed by atoms with Crippen molar-refractivity contribution >= 4 is 22.8 Å². The number of aliphatic carboxylic acids is 1. The summed E-state index contributed by atoms with van der Waals surface area (Å²) in [5.74, 6) is -1.20. The molecule has 20 heavy (non-hydrogen) atoms. The zero-order valence-electron chi connectivity index (χ0n) is 10.7. The molecule has 1 amide bonds. The van der Waals surface area contributed by atoms with Crippen LogP contribution in [0.1, 0.15) is 5.56 Å². The standard InChI is InChI=1S/C14H13N3O3/c15-5-6-16-13(18)9-17-8-10(7-14(19)20)11-3-1-2-4-12(11)17/h1-4,8H,6-7,9H2,(H,16,18)(H,19,20). The molecule has 2 aromatic rings. The molecule has 0 atom stereocenters. The zero-order chi connectivity index (χ0) is 14.5. The van der Waals surface area contributed by atoms with Crippen LogP contribution in [-0.2, 0) is 22.6 Å². The highest BCUT2D eigenvalue weighted by molar-refractivity contribution is 5.89. The molecule has 6 nitrogen and oxygen atoms in total. The Morgan fingerprint density at radius 1 is 1.35 bits per heavy atom. The van der Waals surface area contributed by atoms with Crippen LogP contribution in [0.15, 0.2) is 30.5 Å². The lowest BCUT2D eigenvalue weighted by atomic mass is 10.1. The molecular formula is C14H13N3O3. The van der Waals surface area contributed by atoms with Crippen LogP contribution < -0.4 is 5.32 Å². The molecule has 2 N–H and O–H groups in total. The first-order valence-electron chi connectivity index (χ1n) is 6.04. The van der Waals surface area contributed by atoms with Gasteiger partial charge in [-0.3, -0.25) is 9.59 Å². The number of carboxylic acid groups (broad SMARTS) is 1. The number of rotatable bonds is 5. The average Bonchev–Trinajstić information content (AvgIpc) is 2.74. The first-order chi connectivity index (χ1) is 9.61. The molecule has 0 saturated heterocycles. The maximum atomic E-state index is 11.6. The second-order valence-corrected chi connectivity index (χ2v) is 4.30. The van der Waals surface area contributed by atoms with Gasteiger partial charge in [0.05, 0.1) is 12.5 Å². The maximum Gasteiger partial charge on any atom is 0.307 e. The van der Waals surface area contributed by atoms with Crippen molar-refractivity contribution in [1.82, 2.24) is 9.88 Å². The van der Waals surface area contributed by atoms with E-state index in [1.54, 1.807) is 10.8 Å². The van der Waals surface area contributed by atoms with Crippen LogP contribution in [0.4, 0.5) is 0 Å². The van der Waals surface area contributed by atoms with E-state index in [-0.39, 0.29) is 25.4 Å². The number of aromatic nitrogens is 1. The van der Waals surface area contributed by atoms with Gasteiger partial charge in [0.15, 0.2) is 0 Å². The molecule has 0 saturated carbocycles. The number of para-hydroxylation sites is 1. The number of fused-ring (bicyclic) bond motifs is 1. The highest BCUT2D eigenvalue weighted by atomic mass is 16.4. The Labute approximate surface area is 115 Å². The van der Waals surface area contributed by atoms with Gasteiger partial charge in [0.25, 0.3) is 0 Å². The largest absolute Gasteiger partial charge is 0.481 e. The number of nitrogens with one attached hydrogen (secondary N) is 1. The summed E-state index contributed by atoms with van der Waals surface area (Å²) in [6.45, 7) is 0.0157. The van der Waals surface area contributed by atoms with E-state index in [1.807, 2.05) is 30.3 Å². The van der Waals surface area contributed by atoms with Crippen LogP contribution in [0, 0.1) is 11.3 Å². The van der Waals surface area contributed by atoms with Gasteiger partial charge in [-0.2, -0.15) is 5.26 Å².